The number of pyridine rings is 1. The molecule has 0 saturated heterocycles. The molecule has 1 aromatic heterocycles. The number of ether oxygens (including phenoxy) is 1. The van der Waals surface area contributed by atoms with E-state index in [0.717, 1.165) is 36.3 Å². The molecule has 0 spiro atoms. The molecule has 3 nitrogen and oxygen atoms in total. The third-order valence-corrected chi connectivity index (χ3v) is 4.15. The Bertz CT molecular complexity index is 594. The van der Waals surface area contributed by atoms with Crippen LogP contribution in [-0.4, -0.2) is 16.7 Å². The molecular weight excluding hydrogens is 262 g/mol. The van der Waals surface area contributed by atoms with Crippen molar-refractivity contribution < 1.29 is 9.84 Å². The Morgan fingerprint density at radius 1 is 1.29 bits per heavy atom. The Kier molecular flexibility index (Phi) is 4.20. The molecule has 110 valence electrons. The molecule has 2 unspecified atom stereocenters. The van der Waals surface area contributed by atoms with Crippen molar-refractivity contribution in [2.75, 3.05) is 6.61 Å². The highest BCUT2D eigenvalue weighted by atomic mass is 16.5. The lowest BCUT2D eigenvalue weighted by molar-refractivity contribution is 0.134. The Hall–Kier alpha value is -1.87. The van der Waals surface area contributed by atoms with Crippen LogP contribution in [0.25, 0.3) is 0 Å². The summed E-state index contributed by atoms with van der Waals surface area (Å²) in [4.78, 5) is 4.51. The molecule has 0 bridgehead atoms. The molecule has 0 aliphatic heterocycles. The number of nitrogens with zero attached hydrogens (tertiary/aromatic N) is 1. The molecule has 2 atom stereocenters. The first-order valence-electron chi connectivity index (χ1n) is 7.64. The predicted molar refractivity (Wildman–Crippen MR) is 82.5 cm³/mol. The zero-order valence-corrected chi connectivity index (χ0v) is 12.3. The number of benzene rings is 1. The van der Waals surface area contributed by atoms with Gasteiger partial charge < -0.3 is 9.84 Å². The summed E-state index contributed by atoms with van der Waals surface area (Å²) in [5.41, 5.74) is 3.27. The van der Waals surface area contributed by atoms with Crippen LogP contribution in [0.15, 0.2) is 42.6 Å². The summed E-state index contributed by atoms with van der Waals surface area (Å²) in [5, 5.41) is 10.7. The van der Waals surface area contributed by atoms with Crippen molar-refractivity contribution in [1.82, 2.24) is 4.98 Å². The first-order valence-corrected chi connectivity index (χ1v) is 7.64. The highest BCUT2D eigenvalue weighted by molar-refractivity contribution is 5.33. The Morgan fingerprint density at radius 2 is 2.10 bits per heavy atom. The van der Waals surface area contributed by atoms with E-state index in [9.17, 15) is 5.11 Å². The highest BCUT2D eigenvalue weighted by Gasteiger charge is 2.28. The maximum atomic E-state index is 10.7. The normalized spacial score (nSPS) is 18.9. The fourth-order valence-corrected chi connectivity index (χ4v) is 3.11. The summed E-state index contributed by atoms with van der Waals surface area (Å²) in [6.45, 7) is 2.62. The third-order valence-electron chi connectivity index (χ3n) is 4.15. The average Bonchev–Trinajstić information content (AvgIpc) is 2.55. The average molecular weight is 283 g/mol. The van der Waals surface area contributed by atoms with Crippen molar-refractivity contribution in [3.05, 3.63) is 59.4 Å². The van der Waals surface area contributed by atoms with Gasteiger partial charge in [-0.05, 0) is 55.5 Å². The molecule has 3 heteroatoms. The van der Waals surface area contributed by atoms with Gasteiger partial charge in [0.1, 0.15) is 5.75 Å². The number of aliphatic hydroxyl groups excluding tert-OH is 1. The molecule has 1 aliphatic carbocycles. The molecule has 0 fully saturated rings. The van der Waals surface area contributed by atoms with E-state index >= 15 is 0 Å². The van der Waals surface area contributed by atoms with E-state index in [-0.39, 0.29) is 5.92 Å². The second-order valence-electron chi connectivity index (χ2n) is 5.49. The minimum Gasteiger partial charge on any atom is -0.494 e. The summed E-state index contributed by atoms with van der Waals surface area (Å²) in [7, 11) is 0. The summed E-state index contributed by atoms with van der Waals surface area (Å²) in [6, 6.07) is 11.8. The molecule has 0 amide bonds. The van der Waals surface area contributed by atoms with Crippen LogP contribution in [0.3, 0.4) is 0 Å². The molecule has 0 saturated carbocycles. The van der Waals surface area contributed by atoms with Gasteiger partial charge in [-0.1, -0.05) is 18.2 Å². The zero-order valence-electron chi connectivity index (χ0n) is 12.3. The lowest BCUT2D eigenvalue weighted by Crippen LogP contribution is -2.18. The monoisotopic (exact) mass is 283 g/mol. The van der Waals surface area contributed by atoms with Crippen LogP contribution < -0.4 is 4.74 Å². The van der Waals surface area contributed by atoms with Crippen LogP contribution in [0, 0.1) is 0 Å². The smallest absolute Gasteiger partial charge is 0.119 e. The van der Waals surface area contributed by atoms with E-state index in [1.807, 2.05) is 43.5 Å². The molecule has 0 radical (unpaired) electrons. The van der Waals surface area contributed by atoms with Crippen molar-refractivity contribution in [2.24, 2.45) is 0 Å². The van der Waals surface area contributed by atoms with Gasteiger partial charge in [-0.15, -0.1) is 0 Å². The predicted octanol–water partition coefficient (Wildman–Crippen LogP) is 3.63. The van der Waals surface area contributed by atoms with Gasteiger partial charge in [0.15, 0.2) is 0 Å². The number of aromatic nitrogens is 1. The van der Waals surface area contributed by atoms with Crippen LogP contribution >= 0.6 is 0 Å². The summed E-state index contributed by atoms with van der Waals surface area (Å²) in [6.07, 6.45) is 4.47. The van der Waals surface area contributed by atoms with E-state index in [0.29, 0.717) is 6.61 Å². The van der Waals surface area contributed by atoms with Crippen molar-refractivity contribution in [1.29, 1.82) is 0 Å². The second-order valence-corrected chi connectivity index (χ2v) is 5.49. The van der Waals surface area contributed by atoms with Crippen molar-refractivity contribution in [2.45, 2.75) is 38.2 Å². The molecule has 3 rings (SSSR count). The molecule has 1 N–H and O–H groups in total. The first kappa shape index (κ1) is 14.1. The van der Waals surface area contributed by atoms with Crippen molar-refractivity contribution >= 4 is 0 Å². The van der Waals surface area contributed by atoms with Gasteiger partial charge in [-0.3, -0.25) is 4.98 Å². The molecule has 21 heavy (non-hydrogen) atoms. The molecule has 2 aromatic rings. The largest absolute Gasteiger partial charge is 0.494 e. The van der Waals surface area contributed by atoms with E-state index in [1.54, 1.807) is 0 Å². The number of aryl methyl sites for hydroxylation is 1. The molecule has 1 aromatic carbocycles. The maximum Gasteiger partial charge on any atom is 0.119 e. The number of rotatable bonds is 4. The molecule has 1 heterocycles. The van der Waals surface area contributed by atoms with Crippen molar-refractivity contribution in [3.63, 3.8) is 0 Å². The summed E-state index contributed by atoms with van der Waals surface area (Å²) >= 11 is 0. The SMILES string of the molecule is CCOc1ccc(C(O)C2CCCc3cccnc32)cc1. The van der Waals surface area contributed by atoms with E-state index in [1.165, 1.54) is 5.56 Å². The molecular formula is C18H21NO2. The first-order chi connectivity index (χ1) is 10.3. The number of hydrogen-bond acceptors (Lipinski definition) is 3. The Balaban J connectivity index is 1.84. The van der Waals surface area contributed by atoms with Crippen LogP contribution in [0.4, 0.5) is 0 Å². The lowest BCUT2D eigenvalue weighted by atomic mass is 9.81. The fraction of sp³-hybridized carbons (Fsp3) is 0.389. The number of fused-ring (bicyclic) bond motifs is 1. The van der Waals surface area contributed by atoms with E-state index < -0.39 is 6.10 Å². The van der Waals surface area contributed by atoms with Crippen LogP contribution in [0.2, 0.25) is 0 Å². The quantitative estimate of drug-likeness (QED) is 0.931. The van der Waals surface area contributed by atoms with Gasteiger partial charge in [-0.25, -0.2) is 0 Å². The van der Waals surface area contributed by atoms with Gasteiger partial charge in [0, 0.05) is 17.8 Å². The van der Waals surface area contributed by atoms with Gasteiger partial charge in [0.05, 0.1) is 12.7 Å². The lowest BCUT2D eigenvalue weighted by Gasteiger charge is -2.28. The maximum absolute atomic E-state index is 10.7. The topological polar surface area (TPSA) is 42.4 Å². The standard InChI is InChI=1S/C18H21NO2/c1-2-21-15-10-8-14(9-11-15)18(20)16-7-3-5-13-6-4-12-19-17(13)16/h4,6,8-12,16,18,20H,2-3,5,7H2,1H3. The number of aliphatic hydroxyl groups is 1. The third kappa shape index (κ3) is 2.93. The van der Waals surface area contributed by atoms with E-state index in [4.69, 9.17) is 4.74 Å². The van der Waals surface area contributed by atoms with Crippen LogP contribution in [0.5, 0.6) is 5.75 Å². The Morgan fingerprint density at radius 3 is 2.86 bits per heavy atom. The second kappa shape index (κ2) is 6.27. The van der Waals surface area contributed by atoms with Crippen LogP contribution in [-0.2, 0) is 6.42 Å². The van der Waals surface area contributed by atoms with Crippen molar-refractivity contribution in [3.8, 4) is 5.75 Å². The van der Waals surface area contributed by atoms with Gasteiger partial charge >= 0.3 is 0 Å². The van der Waals surface area contributed by atoms with Gasteiger partial charge in [0.2, 0.25) is 0 Å². The summed E-state index contributed by atoms with van der Waals surface area (Å²) < 4.78 is 5.45. The zero-order chi connectivity index (χ0) is 14.7. The minimum atomic E-state index is -0.505. The molecule has 1 aliphatic rings. The number of hydrogen-bond donors (Lipinski definition) is 1. The highest BCUT2D eigenvalue weighted by Crippen LogP contribution is 2.39. The fourth-order valence-electron chi connectivity index (χ4n) is 3.11. The Labute approximate surface area is 125 Å². The summed E-state index contributed by atoms with van der Waals surface area (Å²) in [5.74, 6) is 0.934. The van der Waals surface area contributed by atoms with Gasteiger partial charge in [0.25, 0.3) is 0 Å². The van der Waals surface area contributed by atoms with Gasteiger partial charge in [-0.2, -0.15) is 0 Å². The van der Waals surface area contributed by atoms with E-state index in [2.05, 4.69) is 11.1 Å². The minimum absolute atomic E-state index is 0.0906. The van der Waals surface area contributed by atoms with Crippen LogP contribution in [0.1, 0.15) is 48.6 Å².